The molecule has 0 fully saturated rings. The van der Waals surface area contributed by atoms with Gasteiger partial charge in [-0.3, -0.25) is 4.79 Å². The molecule has 0 aliphatic carbocycles. The number of ether oxygens (including phenoxy) is 1. The molecule has 122 valence electrons. The van der Waals surface area contributed by atoms with E-state index in [1.165, 1.54) is 18.1 Å². The first-order chi connectivity index (χ1) is 11.6. The van der Waals surface area contributed by atoms with Gasteiger partial charge in [-0.1, -0.05) is 12.1 Å². The highest BCUT2D eigenvalue weighted by Gasteiger charge is 2.13. The summed E-state index contributed by atoms with van der Waals surface area (Å²) in [6.45, 7) is 3.94. The molecule has 1 heterocycles. The Balaban J connectivity index is 1.89. The largest absolute Gasteiger partial charge is 0.494 e. The smallest absolute Gasteiger partial charge is 0.255 e. The van der Waals surface area contributed by atoms with Crippen LogP contribution >= 0.6 is 0 Å². The molecule has 3 aromatic rings. The fraction of sp³-hybridized carbons (Fsp3) is 0.176. The minimum Gasteiger partial charge on any atom is -0.494 e. The summed E-state index contributed by atoms with van der Waals surface area (Å²) in [7, 11) is 1.54. The molecular formula is C17H17N5O2. The highest BCUT2D eigenvalue weighted by atomic mass is 16.5. The van der Waals surface area contributed by atoms with Crippen LogP contribution in [0.25, 0.3) is 5.69 Å². The monoisotopic (exact) mass is 323 g/mol. The fourth-order valence-corrected chi connectivity index (χ4v) is 2.34. The second-order valence-corrected chi connectivity index (χ2v) is 5.41. The van der Waals surface area contributed by atoms with Gasteiger partial charge in [0.05, 0.1) is 7.11 Å². The van der Waals surface area contributed by atoms with E-state index in [9.17, 15) is 4.79 Å². The molecule has 0 aliphatic rings. The fourth-order valence-electron chi connectivity index (χ4n) is 2.34. The molecule has 0 aliphatic heterocycles. The Morgan fingerprint density at radius 1 is 1.17 bits per heavy atom. The summed E-state index contributed by atoms with van der Waals surface area (Å²) in [5.74, 6) is 0.307. The van der Waals surface area contributed by atoms with Crippen molar-refractivity contribution in [2.45, 2.75) is 13.8 Å². The number of nitrogens with one attached hydrogen (secondary N) is 1. The molecule has 2 aromatic carbocycles. The van der Waals surface area contributed by atoms with E-state index in [4.69, 9.17) is 4.74 Å². The van der Waals surface area contributed by atoms with Gasteiger partial charge >= 0.3 is 0 Å². The van der Waals surface area contributed by atoms with Crippen LogP contribution in [0.4, 0.5) is 5.69 Å². The Morgan fingerprint density at radius 3 is 2.71 bits per heavy atom. The highest BCUT2D eigenvalue weighted by molar-refractivity contribution is 6.05. The van der Waals surface area contributed by atoms with Crippen molar-refractivity contribution >= 4 is 11.6 Å². The summed E-state index contributed by atoms with van der Waals surface area (Å²) in [5.41, 5.74) is 4.03. The van der Waals surface area contributed by atoms with Crippen molar-refractivity contribution in [3.63, 3.8) is 0 Å². The Kier molecular flexibility index (Phi) is 4.24. The summed E-state index contributed by atoms with van der Waals surface area (Å²) in [6, 6.07) is 11.0. The molecule has 7 nitrogen and oxygen atoms in total. The van der Waals surface area contributed by atoms with Gasteiger partial charge in [0, 0.05) is 11.3 Å². The molecule has 0 radical (unpaired) electrons. The van der Waals surface area contributed by atoms with Crippen LogP contribution in [0, 0.1) is 13.8 Å². The average Bonchev–Trinajstić information content (AvgIpc) is 3.12. The van der Waals surface area contributed by atoms with E-state index < -0.39 is 0 Å². The normalized spacial score (nSPS) is 10.5. The van der Waals surface area contributed by atoms with Gasteiger partial charge in [-0.15, -0.1) is 5.10 Å². The number of nitrogens with zero attached hydrogens (tertiary/aromatic N) is 4. The third-order valence-electron chi connectivity index (χ3n) is 3.68. The van der Waals surface area contributed by atoms with Crippen molar-refractivity contribution in [1.29, 1.82) is 0 Å². The maximum atomic E-state index is 12.5. The molecule has 0 atom stereocenters. The van der Waals surface area contributed by atoms with Crippen molar-refractivity contribution in [3.8, 4) is 11.4 Å². The number of rotatable bonds is 4. The summed E-state index contributed by atoms with van der Waals surface area (Å²) in [4.78, 5) is 12.5. The van der Waals surface area contributed by atoms with Crippen LogP contribution in [0.1, 0.15) is 21.5 Å². The topological polar surface area (TPSA) is 81.9 Å². The standard InChI is InChI=1S/C17H17N5O2/c1-11-4-5-12(2)14(8-11)19-17(23)13-6-7-15(16(9-13)24-3)22-10-18-20-21-22/h4-10H,1-3H3,(H,19,23). The quantitative estimate of drug-likeness (QED) is 0.798. The SMILES string of the molecule is COc1cc(C(=O)Nc2cc(C)ccc2C)ccc1-n1cnnn1. The molecule has 0 unspecified atom stereocenters. The summed E-state index contributed by atoms with van der Waals surface area (Å²) < 4.78 is 6.83. The number of aromatic nitrogens is 4. The minimum atomic E-state index is -0.203. The molecule has 0 bridgehead atoms. The summed E-state index contributed by atoms with van der Waals surface area (Å²) >= 11 is 0. The van der Waals surface area contributed by atoms with Gasteiger partial charge in [-0.2, -0.15) is 4.68 Å². The number of carbonyl (C=O) groups is 1. The van der Waals surface area contributed by atoms with Crippen LogP contribution < -0.4 is 10.1 Å². The molecule has 0 saturated carbocycles. The van der Waals surface area contributed by atoms with Gasteiger partial charge in [0.2, 0.25) is 0 Å². The van der Waals surface area contributed by atoms with Gasteiger partial charge < -0.3 is 10.1 Å². The first-order valence-corrected chi connectivity index (χ1v) is 7.38. The lowest BCUT2D eigenvalue weighted by Gasteiger charge is -2.12. The number of methoxy groups -OCH3 is 1. The molecule has 1 amide bonds. The van der Waals surface area contributed by atoms with Crippen molar-refractivity contribution in [2.24, 2.45) is 0 Å². The van der Waals surface area contributed by atoms with E-state index in [1.807, 2.05) is 32.0 Å². The lowest BCUT2D eigenvalue weighted by atomic mass is 10.1. The van der Waals surface area contributed by atoms with Crippen LogP contribution in [0.2, 0.25) is 0 Å². The molecule has 3 rings (SSSR count). The molecule has 1 aromatic heterocycles. The van der Waals surface area contributed by atoms with E-state index in [0.717, 1.165) is 16.8 Å². The van der Waals surface area contributed by atoms with E-state index in [0.29, 0.717) is 17.0 Å². The van der Waals surface area contributed by atoms with Gasteiger partial charge in [0.25, 0.3) is 5.91 Å². The number of tetrazole rings is 1. The third kappa shape index (κ3) is 3.10. The second-order valence-electron chi connectivity index (χ2n) is 5.41. The number of hydrogen-bond acceptors (Lipinski definition) is 5. The Hall–Kier alpha value is -3.22. The second kappa shape index (κ2) is 6.49. The number of hydrogen-bond donors (Lipinski definition) is 1. The predicted molar refractivity (Wildman–Crippen MR) is 89.6 cm³/mol. The summed E-state index contributed by atoms with van der Waals surface area (Å²) in [5, 5.41) is 14.0. The van der Waals surface area contributed by atoms with Crippen LogP contribution in [0.3, 0.4) is 0 Å². The Labute approximate surface area is 139 Å². The zero-order chi connectivity index (χ0) is 17.1. The Morgan fingerprint density at radius 2 is 2.00 bits per heavy atom. The number of benzene rings is 2. The third-order valence-corrected chi connectivity index (χ3v) is 3.68. The first kappa shape index (κ1) is 15.7. The lowest BCUT2D eigenvalue weighted by molar-refractivity contribution is 0.102. The number of carbonyl (C=O) groups excluding carboxylic acids is 1. The molecule has 7 heteroatoms. The Bertz CT molecular complexity index is 875. The van der Waals surface area contributed by atoms with Crippen molar-refractivity contribution in [2.75, 3.05) is 12.4 Å². The number of amides is 1. The lowest BCUT2D eigenvalue weighted by Crippen LogP contribution is -2.13. The van der Waals surface area contributed by atoms with Gasteiger partial charge in [-0.05, 0) is 59.7 Å². The van der Waals surface area contributed by atoms with E-state index in [-0.39, 0.29) is 5.91 Å². The predicted octanol–water partition coefficient (Wildman–Crippen LogP) is 2.54. The molecule has 24 heavy (non-hydrogen) atoms. The van der Waals surface area contributed by atoms with Gasteiger partial charge in [0.1, 0.15) is 17.8 Å². The zero-order valence-electron chi connectivity index (χ0n) is 13.6. The first-order valence-electron chi connectivity index (χ1n) is 7.38. The van der Waals surface area contributed by atoms with Crippen LogP contribution in [0.15, 0.2) is 42.7 Å². The van der Waals surface area contributed by atoms with Crippen molar-refractivity contribution < 1.29 is 9.53 Å². The maximum absolute atomic E-state index is 12.5. The van der Waals surface area contributed by atoms with Crippen LogP contribution in [-0.2, 0) is 0 Å². The molecule has 0 spiro atoms. The van der Waals surface area contributed by atoms with E-state index in [1.54, 1.807) is 18.2 Å². The van der Waals surface area contributed by atoms with Gasteiger partial charge in [-0.25, -0.2) is 0 Å². The van der Waals surface area contributed by atoms with Crippen molar-refractivity contribution in [3.05, 3.63) is 59.4 Å². The van der Waals surface area contributed by atoms with E-state index in [2.05, 4.69) is 20.8 Å². The van der Waals surface area contributed by atoms with Crippen LogP contribution in [0.5, 0.6) is 5.75 Å². The van der Waals surface area contributed by atoms with Crippen LogP contribution in [-0.4, -0.2) is 33.2 Å². The average molecular weight is 323 g/mol. The summed E-state index contributed by atoms with van der Waals surface area (Å²) in [6.07, 6.45) is 1.47. The zero-order valence-corrected chi connectivity index (χ0v) is 13.6. The van der Waals surface area contributed by atoms with Gasteiger partial charge in [0.15, 0.2) is 0 Å². The number of anilines is 1. The molecular weight excluding hydrogens is 306 g/mol. The molecule has 0 saturated heterocycles. The highest BCUT2D eigenvalue weighted by Crippen LogP contribution is 2.24. The minimum absolute atomic E-state index is 0.203. The molecule has 1 N–H and O–H groups in total. The number of aryl methyl sites for hydroxylation is 2. The van der Waals surface area contributed by atoms with E-state index >= 15 is 0 Å². The maximum Gasteiger partial charge on any atom is 0.255 e. The van der Waals surface area contributed by atoms with Crippen molar-refractivity contribution in [1.82, 2.24) is 20.2 Å².